The summed E-state index contributed by atoms with van der Waals surface area (Å²) in [7, 11) is 1.37. The molecule has 1 N–H and O–H groups in total. The van der Waals surface area contributed by atoms with Gasteiger partial charge in [0.2, 0.25) is 0 Å². The standard InChI is InChI=1S/C38H48O9/c1-26(20-27(2)37(40)42-4)21-46-38(41)33-34(47-28(3)39)32(25-43-22-29-14-8-5-9-15-29)35(44-23-30-16-10-6-11-17-30)36(33)45-24-31-18-12-7-13-19-31/h5-19,26-27,32-36,38,41H,20-25H2,1-4H3. The maximum Gasteiger partial charge on any atom is 0.308 e. The molecule has 254 valence electrons. The minimum absolute atomic E-state index is 0.0638. The molecular weight excluding hydrogens is 600 g/mol. The molecule has 1 saturated carbocycles. The van der Waals surface area contributed by atoms with Gasteiger partial charge in [0.15, 0.2) is 6.29 Å². The normalized spacial score (nSPS) is 22.7. The molecule has 3 aromatic rings. The first-order valence-corrected chi connectivity index (χ1v) is 16.2. The average Bonchev–Trinajstić information content (AvgIpc) is 3.37. The zero-order chi connectivity index (χ0) is 33.6. The third-order valence-corrected chi connectivity index (χ3v) is 8.46. The lowest BCUT2D eigenvalue weighted by Crippen LogP contribution is -2.42. The summed E-state index contributed by atoms with van der Waals surface area (Å²) in [4.78, 5) is 24.5. The molecular formula is C38H48O9. The molecule has 0 bridgehead atoms. The second-order valence-corrected chi connectivity index (χ2v) is 12.3. The maximum atomic E-state index is 12.5. The van der Waals surface area contributed by atoms with Crippen molar-refractivity contribution < 1.29 is 43.1 Å². The fourth-order valence-electron chi connectivity index (χ4n) is 6.18. The predicted octanol–water partition coefficient (Wildman–Crippen LogP) is 5.72. The van der Waals surface area contributed by atoms with Crippen LogP contribution in [0.2, 0.25) is 0 Å². The molecule has 8 atom stereocenters. The zero-order valence-electron chi connectivity index (χ0n) is 27.7. The van der Waals surface area contributed by atoms with Gasteiger partial charge < -0.3 is 33.5 Å². The Bertz CT molecular complexity index is 1340. The molecule has 4 rings (SSSR count). The molecule has 3 aromatic carbocycles. The number of esters is 2. The van der Waals surface area contributed by atoms with E-state index in [0.717, 1.165) is 16.7 Å². The summed E-state index contributed by atoms with van der Waals surface area (Å²) in [5.74, 6) is -2.45. The summed E-state index contributed by atoms with van der Waals surface area (Å²) in [6, 6.07) is 29.3. The molecule has 0 amide bonds. The lowest BCUT2D eigenvalue weighted by molar-refractivity contribution is -0.200. The van der Waals surface area contributed by atoms with Crippen LogP contribution in [0.4, 0.5) is 0 Å². The minimum Gasteiger partial charge on any atom is -0.469 e. The van der Waals surface area contributed by atoms with Crippen molar-refractivity contribution in [2.45, 2.75) is 71.6 Å². The van der Waals surface area contributed by atoms with E-state index in [1.54, 1.807) is 6.92 Å². The number of hydrogen-bond acceptors (Lipinski definition) is 9. The molecule has 9 nitrogen and oxygen atoms in total. The van der Waals surface area contributed by atoms with Gasteiger partial charge in [-0.3, -0.25) is 9.59 Å². The minimum atomic E-state index is -1.36. The topological polar surface area (TPSA) is 110 Å². The van der Waals surface area contributed by atoms with E-state index in [0.29, 0.717) is 13.0 Å². The largest absolute Gasteiger partial charge is 0.469 e. The third kappa shape index (κ3) is 11.0. The van der Waals surface area contributed by atoms with Gasteiger partial charge in [-0.15, -0.1) is 0 Å². The number of carbonyl (C=O) groups is 2. The maximum absolute atomic E-state index is 12.5. The Hall–Kier alpha value is -3.60. The van der Waals surface area contributed by atoms with E-state index in [2.05, 4.69) is 0 Å². The zero-order valence-corrected chi connectivity index (χ0v) is 27.7. The summed E-state index contributed by atoms with van der Waals surface area (Å²) in [6.45, 7) is 6.33. The van der Waals surface area contributed by atoms with E-state index in [1.165, 1.54) is 14.0 Å². The number of aliphatic hydroxyl groups is 1. The van der Waals surface area contributed by atoms with Crippen molar-refractivity contribution in [2.75, 3.05) is 20.3 Å². The molecule has 1 aliphatic rings. The van der Waals surface area contributed by atoms with E-state index >= 15 is 0 Å². The number of carbonyl (C=O) groups excluding carboxylic acids is 2. The Morgan fingerprint density at radius 2 is 1.26 bits per heavy atom. The van der Waals surface area contributed by atoms with Crippen LogP contribution in [0.25, 0.3) is 0 Å². The molecule has 1 aliphatic carbocycles. The van der Waals surface area contributed by atoms with Crippen LogP contribution in [0.15, 0.2) is 91.0 Å². The highest BCUT2D eigenvalue weighted by molar-refractivity contribution is 5.71. The van der Waals surface area contributed by atoms with E-state index in [9.17, 15) is 14.7 Å². The smallest absolute Gasteiger partial charge is 0.308 e. The van der Waals surface area contributed by atoms with Crippen molar-refractivity contribution in [3.8, 4) is 0 Å². The van der Waals surface area contributed by atoms with Crippen LogP contribution in [-0.4, -0.2) is 62.0 Å². The number of hydrogen-bond donors (Lipinski definition) is 1. The van der Waals surface area contributed by atoms with Crippen molar-refractivity contribution in [2.24, 2.45) is 23.7 Å². The molecule has 0 aromatic heterocycles. The molecule has 9 heteroatoms. The Labute approximate surface area is 278 Å². The van der Waals surface area contributed by atoms with E-state index in [-0.39, 0.29) is 44.2 Å². The highest BCUT2D eigenvalue weighted by Crippen LogP contribution is 2.42. The van der Waals surface area contributed by atoms with Crippen LogP contribution in [0.5, 0.6) is 0 Å². The quantitative estimate of drug-likeness (QED) is 0.137. The number of aliphatic hydroxyl groups excluding tert-OH is 1. The monoisotopic (exact) mass is 648 g/mol. The predicted molar refractivity (Wildman–Crippen MR) is 176 cm³/mol. The van der Waals surface area contributed by atoms with Crippen LogP contribution >= 0.6 is 0 Å². The number of ether oxygens (including phenoxy) is 6. The highest BCUT2D eigenvalue weighted by Gasteiger charge is 2.57. The van der Waals surface area contributed by atoms with Gasteiger partial charge in [-0.25, -0.2) is 0 Å². The van der Waals surface area contributed by atoms with E-state index < -0.39 is 42.4 Å². The van der Waals surface area contributed by atoms with Crippen LogP contribution in [0.1, 0.15) is 43.9 Å². The highest BCUT2D eigenvalue weighted by atomic mass is 16.6. The van der Waals surface area contributed by atoms with Crippen LogP contribution in [0, 0.1) is 23.7 Å². The molecule has 0 aliphatic heterocycles. The first-order valence-electron chi connectivity index (χ1n) is 16.2. The third-order valence-electron chi connectivity index (χ3n) is 8.46. The summed E-state index contributed by atoms with van der Waals surface area (Å²) in [6.07, 6.45) is -3.00. The van der Waals surface area contributed by atoms with Gasteiger partial charge in [0.05, 0.1) is 64.2 Å². The summed E-state index contributed by atoms with van der Waals surface area (Å²) < 4.78 is 36.3. The number of methoxy groups -OCH3 is 1. The van der Waals surface area contributed by atoms with Gasteiger partial charge in [0.25, 0.3) is 0 Å². The molecule has 0 radical (unpaired) electrons. The summed E-state index contributed by atoms with van der Waals surface area (Å²) >= 11 is 0. The van der Waals surface area contributed by atoms with Crippen molar-refractivity contribution in [3.63, 3.8) is 0 Å². The summed E-state index contributed by atoms with van der Waals surface area (Å²) in [5.41, 5.74) is 2.92. The Balaban J connectivity index is 1.61. The van der Waals surface area contributed by atoms with Crippen molar-refractivity contribution in [1.29, 1.82) is 0 Å². The Morgan fingerprint density at radius 1 is 0.745 bits per heavy atom. The fraction of sp³-hybridized carbons (Fsp3) is 0.474. The van der Waals surface area contributed by atoms with Gasteiger partial charge in [-0.05, 0) is 29.0 Å². The second kappa shape index (κ2) is 18.7. The van der Waals surface area contributed by atoms with Gasteiger partial charge in [0, 0.05) is 12.8 Å². The lowest BCUT2D eigenvalue weighted by atomic mass is 9.97. The first kappa shape index (κ1) is 36.2. The van der Waals surface area contributed by atoms with E-state index in [4.69, 9.17) is 28.4 Å². The van der Waals surface area contributed by atoms with Crippen LogP contribution in [-0.2, 0) is 57.8 Å². The number of benzene rings is 3. The average molecular weight is 649 g/mol. The Kier molecular flexibility index (Phi) is 14.4. The van der Waals surface area contributed by atoms with E-state index in [1.807, 2.05) is 97.9 Å². The van der Waals surface area contributed by atoms with Gasteiger partial charge in [0.1, 0.15) is 6.10 Å². The lowest BCUT2D eigenvalue weighted by Gasteiger charge is -2.31. The molecule has 47 heavy (non-hydrogen) atoms. The van der Waals surface area contributed by atoms with Gasteiger partial charge in [-0.1, -0.05) is 105 Å². The van der Waals surface area contributed by atoms with Gasteiger partial charge >= 0.3 is 11.9 Å². The summed E-state index contributed by atoms with van der Waals surface area (Å²) in [5, 5.41) is 11.7. The van der Waals surface area contributed by atoms with Crippen LogP contribution in [0.3, 0.4) is 0 Å². The SMILES string of the molecule is COC(=O)C(C)CC(C)COC(O)C1C(OC(C)=O)C(COCc2ccccc2)C(OCc2ccccc2)C1OCc1ccccc1. The first-order chi connectivity index (χ1) is 22.8. The van der Waals surface area contributed by atoms with Gasteiger partial charge in [-0.2, -0.15) is 0 Å². The second-order valence-electron chi connectivity index (χ2n) is 12.3. The number of rotatable bonds is 18. The molecule has 0 saturated heterocycles. The molecule has 1 fully saturated rings. The molecule has 8 unspecified atom stereocenters. The Morgan fingerprint density at radius 3 is 1.77 bits per heavy atom. The van der Waals surface area contributed by atoms with Crippen molar-refractivity contribution in [1.82, 2.24) is 0 Å². The molecule has 0 spiro atoms. The fourth-order valence-corrected chi connectivity index (χ4v) is 6.18. The van der Waals surface area contributed by atoms with Crippen LogP contribution < -0.4 is 0 Å². The van der Waals surface area contributed by atoms with Crippen molar-refractivity contribution in [3.05, 3.63) is 108 Å². The molecule has 0 heterocycles. The van der Waals surface area contributed by atoms with Crippen molar-refractivity contribution >= 4 is 11.9 Å².